The summed E-state index contributed by atoms with van der Waals surface area (Å²) in [6.07, 6.45) is -19.4. The zero-order valence-electron chi connectivity index (χ0n) is 40.9. The minimum Gasteiger partial charge on any atom is -0.481 e. The predicted octanol–water partition coefficient (Wildman–Crippen LogP) is 1.19. The topological polar surface area (TPSA) is 315 Å². The molecule has 3 heterocycles. The summed E-state index contributed by atoms with van der Waals surface area (Å²) in [6.45, 7) is 16.6. The van der Waals surface area contributed by atoms with Gasteiger partial charge in [-0.2, -0.15) is 0 Å². The fourth-order valence-electron chi connectivity index (χ4n) is 15.0. The van der Waals surface area contributed by atoms with E-state index in [-0.39, 0.29) is 24.0 Å². The number of ketones is 1. The number of hydrogen-bond acceptors (Lipinski definition) is 18. The molecule has 3 saturated heterocycles. The van der Waals surface area contributed by atoms with Crippen molar-refractivity contribution in [2.45, 2.75) is 212 Å². The Labute approximate surface area is 401 Å². The van der Waals surface area contributed by atoms with Gasteiger partial charge in [-0.05, 0) is 98.4 Å². The van der Waals surface area contributed by atoms with Gasteiger partial charge in [0.05, 0.1) is 24.2 Å². The predicted molar refractivity (Wildman–Crippen MR) is 235 cm³/mol. The van der Waals surface area contributed by atoms with E-state index in [0.717, 1.165) is 5.57 Å². The molecule has 4 saturated carbocycles. The maximum Gasteiger partial charge on any atom is 0.335 e. The lowest BCUT2D eigenvalue weighted by Gasteiger charge is -2.71. The minimum atomic E-state index is -2.04. The van der Waals surface area contributed by atoms with Crippen molar-refractivity contribution in [3.63, 3.8) is 0 Å². The molecular weight excluding hydrogens is 909 g/mol. The third-order valence-corrected chi connectivity index (χ3v) is 19.3. The lowest BCUT2D eigenvalue weighted by molar-refractivity contribution is -0.386. The molecule has 69 heavy (non-hydrogen) atoms. The second-order valence-electron chi connectivity index (χ2n) is 23.6. The monoisotopic (exact) mass is 982 g/mol. The maximum atomic E-state index is 15.1. The first kappa shape index (κ1) is 52.6. The first-order valence-electron chi connectivity index (χ1n) is 24.5. The highest BCUT2D eigenvalue weighted by molar-refractivity contribution is 5.95. The van der Waals surface area contributed by atoms with Crippen LogP contribution in [0.3, 0.4) is 0 Å². The number of fused-ring (bicyclic) bond motifs is 7. The van der Waals surface area contributed by atoms with Gasteiger partial charge in [0.15, 0.2) is 30.8 Å². The van der Waals surface area contributed by atoms with Crippen molar-refractivity contribution >= 4 is 23.7 Å². The maximum absolute atomic E-state index is 15.1. The molecule has 14 unspecified atom stereocenters. The summed E-state index contributed by atoms with van der Waals surface area (Å²) in [4.78, 5) is 52.9. The highest BCUT2D eigenvalue weighted by atomic mass is 16.8. The molecule has 5 aliphatic carbocycles. The highest BCUT2D eigenvalue weighted by Crippen LogP contribution is 2.75. The lowest BCUT2D eigenvalue weighted by Crippen LogP contribution is -2.68. The molecule has 0 aromatic carbocycles. The summed E-state index contributed by atoms with van der Waals surface area (Å²) >= 11 is 0. The van der Waals surface area contributed by atoms with Gasteiger partial charge in [0.2, 0.25) is 0 Å². The quantitative estimate of drug-likeness (QED) is 0.116. The zero-order chi connectivity index (χ0) is 50.9. The van der Waals surface area contributed by atoms with E-state index in [9.17, 15) is 60.3 Å². The molecule has 8 aliphatic rings. The first-order valence-corrected chi connectivity index (χ1v) is 24.5. The van der Waals surface area contributed by atoms with Crippen LogP contribution < -0.4 is 0 Å². The molecule has 3 aliphatic heterocycles. The summed E-state index contributed by atoms with van der Waals surface area (Å²) in [7, 11) is 0. The number of allylic oxidation sites excluding steroid dienone is 2. The van der Waals surface area contributed by atoms with Crippen LogP contribution in [0.4, 0.5) is 0 Å². The van der Waals surface area contributed by atoms with E-state index >= 15 is 4.79 Å². The van der Waals surface area contributed by atoms with E-state index < -0.39 is 161 Å². The Balaban J connectivity index is 1.07. The van der Waals surface area contributed by atoms with Gasteiger partial charge < -0.3 is 79.1 Å². The fourth-order valence-corrected chi connectivity index (χ4v) is 15.0. The van der Waals surface area contributed by atoms with Crippen LogP contribution in [0.1, 0.15) is 114 Å². The molecule has 20 heteroatoms. The molecule has 0 spiro atoms. The van der Waals surface area contributed by atoms with Crippen LogP contribution in [0.5, 0.6) is 0 Å². The number of esters is 1. The average molecular weight is 983 g/mol. The zero-order valence-corrected chi connectivity index (χ0v) is 40.9. The Hall–Kier alpha value is -2.70. The van der Waals surface area contributed by atoms with Gasteiger partial charge in [-0.15, -0.1) is 0 Å². The second-order valence-corrected chi connectivity index (χ2v) is 23.6. The highest BCUT2D eigenvalue weighted by Gasteiger charge is 2.72. The molecule has 0 bridgehead atoms. The number of rotatable bonds is 9. The normalized spacial score (nSPS) is 52.8. The number of carbonyl (C=O) groups excluding carboxylic acids is 2. The van der Waals surface area contributed by atoms with E-state index in [2.05, 4.69) is 27.7 Å². The molecule has 0 radical (unpaired) electrons. The molecule has 9 N–H and O–H groups in total. The number of carboxylic acid groups (broad SMARTS) is 2. The summed E-state index contributed by atoms with van der Waals surface area (Å²) in [6, 6.07) is 0. The second kappa shape index (κ2) is 18.1. The Kier molecular flexibility index (Phi) is 13.8. The van der Waals surface area contributed by atoms with E-state index in [0.29, 0.717) is 44.9 Å². The molecule has 0 aromatic rings. The van der Waals surface area contributed by atoms with Crippen LogP contribution in [0.2, 0.25) is 0 Å². The van der Waals surface area contributed by atoms with Gasteiger partial charge in [-0.25, -0.2) is 4.79 Å². The summed E-state index contributed by atoms with van der Waals surface area (Å²) in [5.41, 5.74) is -3.23. The Morgan fingerprint density at radius 3 is 1.97 bits per heavy atom. The van der Waals surface area contributed by atoms with Gasteiger partial charge in [-0.3, -0.25) is 14.4 Å². The van der Waals surface area contributed by atoms with Gasteiger partial charge in [0.25, 0.3) is 0 Å². The molecular formula is C49H74O20. The van der Waals surface area contributed by atoms with Crippen molar-refractivity contribution in [2.75, 3.05) is 6.61 Å². The summed E-state index contributed by atoms with van der Waals surface area (Å²) in [5.74, 6) is -4.00. The van der Waals surface area contributed by atoms with Crippen molar-refractivity contribution in [3.8, 4) is 0 Å². The van der Waals surface area contributed by atoms with Crippen molar-refractivity contribution in [2.24, 2.45) is 50.2 Å². The van der Waals surface area contributed by atoms with Crippen LogP contribution in [0, 0.1) is 50.2 Å². The SMILES string of the molecule is CC(=O)OC1CC(C)(C(=O)O)CC2C3=CC(=O)C4C5(C)CCC(O[C@@H]6O[C@H](C(=O)O)[C@@H](O)[C@H](O)[C@H]6OC6OCC(O)C(O)C6O[C@@H]6O[C@@H](C)[C@H](O)[C@@H](O)[C@H]6O)C(C)(C)C5CCC4(C)C3(C)CCC12C. The number of hydrogen-bond donors (Lipinski definition) is 9. The van der Waals surface area contributed by atoms with E-state index in [1.165, 1.54) is 13.8 Å². The van der Waals surface area contributed by atoms with Gasteiger partial charge in [-0.1, -0.05) is 47.1 Å². The number of ether oxygens (including phenoxy) is 7. The molecule has 390 valence electrons. The van der Waals surface area contributed by atoms with Crippen molar-refractivity contribution in [1.29, 1.82) is 0 Å². The van der Waals surface area contributed by atoms with E-state index in [1.54, 1.807) is 13.0 Å². The molecule has 24 atom stereocenters. The van der Waals surface area contributed by atoms with Gasteiger partial charge in [0.1, 0.15) is 61.0 Å². The lowest BCUT2D eigenvalue weighted by atomic mass is 9.33. The van der Waals surface area contributed by atoms with Crippen LogP contribution in [0.25, 0.3) is 0 Å². The average Bonchev–Trinajstić information content (AvgIpc) is 3.25. The van der Waals surface area contributed by atoms with Gasteiger partial charge in [0, 0.05) is 24.7 Å². The fraction of sp³-hybridized carbons (Fsp3) is 0.878. The number of aliphatic hydroxyl groups is 7. The van der Waals surface area contributed by atoms with E-state index in [4.69, 9.17) is 33.2 Å². The Morgan fingerprint density at radius 1 is 0.681 bits per heavy atom. The molecule has 20 nitrogen and oxygen atoms in total. The smallest absolute Gasteiger partial charge is 0.335 e. The summed E-state index contributed by atoms with van der Waals surface area (Å²) in [5, 5.41) is 96.4. The van der Waals surface area contributed by atoms with Crippen molar-refractivity contribution in [3.05, 3.63) is 11.6 Å². The minimum absolute atomic E-state index is 0.0310. The number of aliphatic hydroxyl groups excluding tert-OH is 7. The van der Waals surface area contributed by atoms with Gasteiger partial charge >= 0.3 is 17.9 Å². The molecule has 7 fully saturated rings. The Bertz CT molecular complexity index is 2050. The molecule has 8 rings (SSSR count). The number of carbonyl (C=O) groups is 4. The third-order valence-electron chi connectivity index (χ3n) is 19.3. The third kappa shape index (κ3) is 8.23. The van der Waals surface area contributed by atoms with Crippen LogP contribution in [-0.4, -0.2) is 174 Å². The first-order chi connectivity index (χ1) is 32.0. The largest absolute Gasteiger partial charge is 0.481 e. The summed E-state index contributed by atoms with van der Waals surface area (Å²) < 4.78 is 41.9. The standard InChI is InChI=1S/C49H74O20/c1-20-29(53)31(55)34(58)40(64-20)68-36-30(54)25(52)19-63-41(36)69-37-33(57)32(56)35(39(59)60)67-42(37)66-27-11-12-47(7)26(44(27,3)4)10-13-49(9)38(47)24(51)16-22-23-17-45(5,43(61)62)18-28(65-21(2)50)46(23,6)14-15-48(22,49)8/h16,20,23,25-38,40-42,52-58H,10-15,17-19H2,1-9H3,(H,59,60)(H,61,62)/t20-,23?,25?,26?,27?,28?,29-,30?,31+,32-,33-,34+,35-,36?,37+,38?,40-,41?,42+,45?,46?,47?,48?,49?/m0/s1. The van der Waals surface area contributed by atoms with Crippen molar-refractivity contribution in [1.82, 2.24) is 0 Å². The van der Waals surface area contributed by atoms with E-state index in [1.807, 2.05) is 13.8 Å². The molecule has 0 amide bonds. The Morgan fingerprint density at radius 2 is 1.33 bits per heavy atom. The number of carboxylic acids is 2. The van der Waals surface area contributed by atoms with Crippen LogP contribution in [0.15, 0.2) is 11.6 Å². The van der Waals surface area contributed by atoms with Crippen LogP contribution in [-0.2, 0) is 52.3 Å². The van der Waals surface area contributed by atoms with Crippen molar-refractivity contribution < 1.29 is 98.3 Å². The van der Waals surface area contributed by atoms with Crippen LogP contribution >= 0.6 is 0 Å². The number of aliphatic carboxylic acids is 2. The molecule has 0 aromatic heterocycles.